The number of nitrogens with two attached hydrogens (primary N) is 1. The lowest BCUT2D eigenvalue weighted by atomic mass is 10.2. The molecule has 0 bridgehead atoms. The summed E-state index contributed by atoms with van der Waals surface area (Å²) in [4.78, 5) is 27.5. The maximum absolute atomic E-state index is 12.0. The minimum absolute atomic E-state index is 0.0561. The third-order valence-corrected chi connectivity index (χ3v) is 2.98. The predicted octanol–water partition coefficient (Wildman–Crippen LogP) is -0.917. The van der Waals surface area contributed by atoms with Gasteiger partial charge in [0.15, 0.2) is 0 Å². The zero-order valence-corrected chi connectivity index (χ0v) is 10.1. The van der Waals surface area contributed by atoms with E-state index >= 15 is 0 Å². The molecule has 18 heavy (non-hydrogen) atoms. The van der Waals surface area contributed by atoms with E-state index in [1.807, 2.05) is 5.59 Å². The van der Waals surface area contributed by atoms with Crippen molar-refractivity contribution in [2.45, 2.75) is 45.2 Å². The van der Waals surface area contributed by atoms with Crippen LogP contribution in [-0.2, 0) is 29.1 Å². The van der Waals surface area contributed by atoms with Crippen LogP contribution in [0.3, 0.4) is 0 Å². The molecule has 8 nitrogen and oxygen atoms in total. The summed E-state index contributed by atoms with van der Waals surface area (Å²) in [7, 11) is 0. The SMILES string of the molecule is NNOC(=O)CCn1nc2n(c1=O)CCCCC2. The van der Waals surface area contributed by atoms with E-state index in [2.05, 4.69) is 9.94 Å². The van der Waals surface area contributed by atoms with Gasteiger partial charge in [0.2, 0.25) is 0 Å². The summed E-state index contributed by atoms with van der Waals surface area (Å²) in [6.45, 7) is 0.919. The number of aromatic nitrogens is 3. The number of nitrogens with zero attached hydrogens (tertiary/aromatic N) is 3. The van der Waals surface area contributed by atoms with E-state index in [4.69, 9.17) is 5.84 Å². The zero-order valence-electron chi connectivity index (χ0n) is 10.1. The van der Waals surface area contributed by atoms with E-state index in [9.17, 15) is 9.59 Å². The summed E-state index contributed by atoms with van der Waals surface area (Å²) in [5, 5.41) is 4.25. The normalized spacial score (nSPS) is 14.9. The summed E-state index contributed by atoms with van der Waals surface area (Å²) >= 11 is 0. The van der Waals surface area contributed by atoms with Crippen molar-refractivity contribution < 1.29 is 9.63 Å². The maximum atomic E-state index is 12.0. The first-order valence-corrected chi connectivity index (χ1v) is 6.04. The monoisotopic (exact) mass is 255 g/mol. The van der Waals surface area contributed by atoms with Crippen LogP contribution in [0.4, 0.5) is 0 Å². The highest BCUT2D eigenvalue weighted by Gasteiger charge is 2.16. The van der Waals surface area contributed by atoms with E-state index < -0.39 is 5.97 Å². The van der Waals surface area contributed by atoms with Crippen molar-refractivity contribution in [2.24, 2.45) is 5.84 Å². The summed E-state index contributed by atoms with van der Waals surface area (Å²) < 4.78 is 3.01. The van der Waals surface area contributed by atoms with Gasteiger partial charge in [-0.25, -0.2) is 15.3 Å². The second-order valence-electron chi connectivity index (χ2n) is 4.23. The highest BCUT2D eigenvalue weighted by molar-refractivity contribution is 5.68. The molecule has 2 heterocycles. The first-order valence-electron chi connectivity index (χ1n) is 6.04. The quantitative estimate of drug-likeness (QED) is 0.533. The molecule has 1 aliphatic heterocycles. The average molecular weight is 255 g/mol. The van der Waals surface area contributed by atoms with E-state index in [1.54, 1.807) is 4.57 Å². The lowest BCUT2D eigenvalue weighted by molar-refractivity contribution is -0.151. The number of hydrogen-bond donors (Lipinski definition) is 2. The molecule has 0 saturated heterocycles. The van der Waals surface area contributed by atoms with Crippen LogP contribution in [-0.4, -0.2) is 20.3 Å². The minimum Gasteiger partial charge on any atom is -0.356 e. The Labute approximate surface area is 104 Å². The Bertz CT molecular complexity index is 478. The van der Waals surface area contributed by atoms with Gasteiger partial charge in [-0.05, 0) is 12.8 Å². The lowest BCUT2D eigenvalue weighted by Crippen LogP contribution is -2.29. The second-order valence-corrected chi connectivity index (χ2v) is 4.23. The van der Waals surface area contributed by atoms with Gasteiger partial charge in [0.1, 0.15) is 5.82 Å². The van der Waals surface area contributed by atoms with Crippen molar-refractivity contribution in [1.29, 1.82) is 0 Å². The molecule has 1 aromatic heterocycles. The first-order chi connectivity index (χ1) is 8.72. The van der Waals surface area contributed by atoms with Crippen LogP contribution in [0.5, 0.6) is 0 Å². The lowest BCUT2D eigenvalue weighted by Gasteiger charge is -2.00. The predicted molar refractivity (Wildman–Crippen MR) is 62.1 cm³/mol. The number of rotatable bonds is 4. The molecule has 0 aliphatic carbocycles. The molecular weight excluding hydrogens is 238 g/mol. The van der Waals surface area contributed by atoms with Gasteiger partial charge in [0, 0.05) is 13.0 Å². The van der Waals surface area contributed by atoms with Crippen molar-refractivity contribution in [2.75, 3.05) is 0 Å². The number of hydrazine groups is 1. The van der Waals surface area contributed by atoms with Gasteiger partial charge in [-0.1, -0.05) is 12.0 Å². The molecule has 2 rings (SSSR count). The number of carbonyl (C=O) groups excluding carboxylic acids is 1. The minimum atomic E-state index is -0.521. The molecule has 3 N–H and O–H groups in total. The Balaban J connectivity index is 2.06. The van der Waals surface area contributed by atoms with Gasteiger partial charge in [-0.2, -0.15) is 5.10 Å². The molecule has 0 spiro atoms. The largest absolute Gasteiger partial charge is 0.356 e. The van der Waals surface area contributed by atoms with Gasteiger partial charge in [0.05, 0.1) is 13.0 Å². The number of hydrogen-bond acceptors (Lipinski definition) is 6. The van der Waals surface area contributed by atoms with Gasteiger partial charge in [-0.3, -0.25) is 9.36 Å². The van der Waals surface area contributed by atoms with E-state index in [0.717, 1.165) is 31.5 Å². The Kier molecular flexibility index (Phi) is 4.11. The van der Waals surface area contributed by atoms with Gasteiger partial charge >= 0.3 is 11.7 Å². The number of fused-ring (bicyclic) bond motifs is 1. The third-order valence-electron chi connectivity index (χ3n) is 2.98. The Morgan fingerprint density at radius 1 is 1.44 bits per heavy atom. The summed E-state index contributed by atoms with van der Waals surface area (Å²) in [6.07, 6.45) is 4.04. The van der Waals surface area contributed by atoms with E-state index in [-0.39, 0.29) is 18.7 Å². The molecule has 0 amide bonds. The van der Waals surface area contributed by atoms with Crippen LogP contribution in [0.1, 0.15) is 31.5 Å². The molecule has 1 aromatic rings. The molecule has 0 radical (unpaired) electrons. The standard InChI is InChI=1S/C10H17N5O3/c11-13-18-9(16)5-7-15-10(17)14-6-3-1-2-4-8(14)12-15/h13H,1-7,11H2. The van der Waals surface area contributed by atoms with Crippen molar-refractivity contribution in [3.05, 3.63) is 16.3 Å². The fourth-order valence-corrected chi connectivity index (χ4v) is 2.08. The number of aryl methyl sites for hydroxylation is 2. The molecule has 100 valence electrons. The maximum Gasteiger partial charge on any atom is 0.345 e. The Hall–Kier alpha value is -1.67. The van der Waals surface area contributed by atoms with Crippen molar-refractivity contribution >= 4 is 5.97 Å². The zero-order chi connectivity index (χ0) is 13.0. The van der Waals surface area contributed by atoms with E-state index in [1.165, 1.54) is 4.68 Å². The van der Waals surface area contributed by atoms with Gasteiger partial charge in [0.25, 0.3) is 0 Å². The highest BCUT2D eigenvalue weighted by Crippen LogP contribution is 2.10. The molecule has 0 atom stereocenters. The highest BCUT2D eigenvalue weighted by atomic mass is 16.7. The van der Waals surface area contributed by atoms with Crippen molar-refractivity contribution in [1.82, 2.24) is 19.9 Å². The molecule has 0 saturated carbocycles. The van der Waals surface area contributed by atoms with Crippen molar-refractivity contribution in [3.63, 3.8) is 0 Å². The summed E-state index contributed by atoms with van der Waals surface area (Å²) in [6, 6.07) is 0. The van der Waals surface area contributed by atoms with Crippen LogP contribution in [0.25, 0.3) is 0 Å². The van der Waals surface area contributed by atoms with Crippen LogP contribution >= 0.6 is 0 Å². The number of carbonyl (C=O) groups is 1. The van der Waals surface area contributed by atoms with Crippen LogP contribution in [0.15, 0.2) is 4.79 Å². The third kappa shape index (κ3) is 2.77. The van der Waals surface area contributed by atoms with Crippen LogP contribution < -0.4 is 17.1 Å². The topological polar surface area (TPSA) is 104 Å². The van der Waals surface area contributed by atoms with Crippen LogP contribution in [0.2, 0.25) is 0 Å². The fraction of sp³-hybridized carbons (Fsp3) is 0.700. The molecule has 8 heteroatoms. The second kappa shape index (κ2) is 5.78. The van der Waals surface area contributed by atoms with E-state index in [0.29, 0.717) is 6.54 Å². The van der Waals surface area contributed by atoms with Crippen LogP contribution in [0, 0.1) is 0 Å². The van der Waals surface area contributed by atoms with Crippen molar-refractivity contribution in [3.8, 4) is 0 Å². The number of nitrogens with one attached hydrogen (secondary N) is 1. The molecule has 0 aromatic carbocycles. The first kappa shape index (κ1) is 12.8. The summed E-state index contributed by atoms with van der Waals surface area (Å²) in [5.41, 5.74) is 1.66. The summed E-state index contributed by atoms with van der Waals surface area (Å²) in [5.74, 6) is 5.13. The fourth-order valence-electron chi connectivity index (χ4n) is 2.08. The molecular formula is C10H17N5O3. The Morgan fingerprint density at radius 2 is 2.28 bits per heavy atom. The molecule has 0 unspecified atom stereocenters. The van der Waals surface area contributed by atoms with Gasteiger partial charge in [-0.15, -0.1) is 0 Å². The Morgan fingerprint density at radius 3 is 3.06 bits per heavy atom. The smallest absolute Gasteiger partial charge is 0.345 e. The molecule has 1 aliphatic rings. The average Bonchev–Trinajstić information content (AvgIpc) is 2.55. The molecule has 0 fully saturated rings. The van der Waals surface area contributed by atoms with Gasteiger partial charge < -0.3 is 4.84 Å².